The van der Waals surface area contributed by atoms with Crippen LogP contribution < -0.4 is 15.1 Å². The smallest absolute Gasteiger partial charge is 0.225 e. The van der Waals surface area contributed by atoms with Crippen molar-refractivity contribution in [2.45, 2.75) is 25.3 Å². The number of nitrogens with one attached hydrogen (secondary N) is 1. The summed E-state index contributed by atoms with van der Waals surface area (Å²) in [6, 6.07) is 15.3. The molecule has 2 fully saturated rings. The molecule has 5 rings (SSSR count). The molecule has 1 aliphatic carbocycles. The predicted octanol–water partition coefficient (Wildman–Crippen LogP) is 3.22. The van der Waals surface area contributed by atoms with Crippen LogP contribution in [0.15, 0.2) is 48.5 Å². The molecule has 146 valence electrons. The Labute approximate surface area is 165 Å². The van der Waals surface area contributed by atoms with E-state index in [1.165, 1.54) is 36.2 Å². The highest BCUT2D eigenvalue weighted by atomic mass is 19.1. The molecule has 2 aromatic carbocycles. The molecule has 2 aromatic rings. The number of para-hydroxylation sites is 1. The molecule has 0 aromatic heterocycles. The van der Waals surface area contributed by atoms with E-state index < -0.39 is 0 Å². The molecule has 2 heterocycles. The van der Waals surface area contributed by atoms with Gasteiger partial charge in [0.05, 0.1) is 12.0 Å². The summed E-state index contributed by atoms with van der Waals surface area (Å²) in [5.74, 6) is 0.582. The zero-order valence-electron chi connectivity index (χ0n) is 16.0. The van der Waals surface area contributed by atoms with Gasteiger partial charge in [-0.15, -0.1) is 0 Å². The number of benzene rings is 2. The second-order valence-corrected chi connectivity index (χ2v) is 8.31. The van der Waals surface area contributed by atoms with Gasteiger partial charge < -0.3 is 15.1 Å². The highest BCUT2D eigenvalue weighted by molar-refractivity contribution is 5.82. The summed E-state index contributed by atoms with van der Waals surface area (Å²) in [5.41, 5.74) is 3.55. The van der Waals surface area contributed by atoms with Gasteiger partial charge in [0.25, 0.3) is 0 Å². The Morgan fingerprint density at radius 3 is 2.64 bits per heavy atom. The van der Waals surface area contributed by atoms with Crippen LogP contribution in [0.5, 0.6) is 0 Å². The van der Waals surface area contributed by atoms with Crippen LogP contribution in [-0.2, 0) is 11.2 Å². The molecule has 0 spiro atoms. The first-order valence-corrected chi connectivity index (χ1v) is 10.3. The van der Waals surface area contributed by atoms with Crippen molar-refractivity contribution < 1.29 is 9.18 Å². The van der Waals surface area contributed by atoms with E-state index in [4.69, 9.17) is 0 Å². The second-order valence-electron chi connectivity index (χ2n) is 8.31. The Morgan fingerprint density at radius 2 is 1.86 bits per heavy atom. The van der Waals surface area contributed by atoms with E-state index in [0.717, 1.165) is 38.3 Å². The van der Waals surface area contributed by atoms with Gasteiger partial charge in [-0.3, -0.25) is 4.79 Å². The van der Waals surface area contributed by atoms with Crippen LogP contribution in [0.3, 0.4) is 0 Å². The SMILES string of the molecule is O=C(NCC1CC1)C1Cc2ccccc2N2CCN(c3ccc(F)cc3)CC12. The van der Waals surface area contributed by atoms with Crippen molar-refractivity contribution in [2.75, 3.05) is 36.0 Å². The van der Waals surface area contributed by atoms with Crippen molar-refractivity contribution in [3.8, 4) is 0 Å². The summed E-state index contributed by atoms with van der Waals surface area (Å²) < 4.78 is 13.3. The minimum atomic E-state index is -0.216. The molecule has 2 unspecified atom stereocenters. The standard InChI is InChI=1S/C23H26FN3O/c24-18-7-9-19(10-8-18)26-11-12-27-21-4-2-1-3-17(21)13-20(22(27)15-26)23(28)25-14-16-5-6-16/h1-4,7-10,16,20,22H,5-6,11-15H2,(H,25,28). The van der Waals surface area contributed by atoms with Crippen LogP contribution in [0.4, 0.5) is 15.8 Å². The van der Waals surface area contributed by atoms with Crippen LogP contribution in [-0.4, -0.2) is 38.1 Å². The number of nitrogens with zero attached hydrogens (tertiary/aromatic N) is 2. The number of carbonyl (C=O) groups is 1. The normalized spacial score (nSPS) is 23.8. The maximum atomic E-state index is 13.3. The molecule has 1 N–H and O–H groups in total. The third-order valence-corrected chi connectivity index (χ3v) is 6.41. The van der Waals surface area contributed by atoms with Gasteiger partial charge in [0.15, 0.2) is 0 Å². The lowest BCUT2D eigenvalue weighted by Crippen LogP contribution is -2.61. The Bertz CT molecular complexity index is 864. The monoisotopic (exact) mass is 379 g/mol. The first-order chi connectivity index (χ1) is 13.7. The molecule has 2 atom stereocenters. The van der Waals surface area contributed by atoms with Crippen molar-refractivity contribution >= 4 is 17.3 Å². The number of fused-ring (bicyclic) bond motifs is 3. The van der Waals surface area contributed by atoms with E-state index in [2.05, 4.69) is 39.4 Å². The first-order valence-electron chi connectivity index (χ1n) is 10.3. The zero-order chi connectivity index (χ0) is 19.1. The molecular formula is C23H26FN3O. The lowest BCUT2D eigenvalue weighted by molar-refractivity contribution is -0.125. The quantitative estimate of drug-likeness (QED) is 0.886. The fourth-order valence-corrected chi connectivity index (χ4v) is 4.64. The van der Waals surface area contributed by atoms with Crippen molar-refractivity contribution in [1.29, 1.82) is 0 Å². The third-order valence-electron chi connectivity index (χ3n) is 6.41. The van der Waals surface area contributed by atoms with Crippen molar-refractivity contribution in [3.63, 3.8) is 0 Å². The van der Waals surface area contributed by atoms with Gasteiger partial charge in [0.1, 0.15) is 5.82 Å². The number of amides is 1. The average Bonchev–Trinajstić information content (AvgIpc) is 3.56. The molecule has 3 aliphatic rings. The third kappa shape index (κ3) is 3.34. The highest BCUT2D eigenvalue weighted by Gasteiger charge is 2.41. The molecule has 2 aliphatic heterocycles. The Kier molecular flexibility index (Phi) is 4.46. The number of rotatable bonds is 4. The molecule has 1 amide bonds. The number of piperazine rings is 1. The summed E-state index contributed by atoms with van der Waals surface area (Å²) in [6.07, 6.45) is 3.26. The van der Waals surface area contributed by atoms with E-state index in [-0.39, 0.29) is 23.7 Å². The molecule has 0 radical (unpaired) electrons. The van der Waals surface area contributed by atoms with Crippen molar-refractivity contribution in [1.82, 2.24) is 5.32 Å². The van der Waals surface area contributed by atoms with E-state index in [0.29, 0.717) is 5.92 Å². The molecule has 0 bridgehead atoms. The number of anilines is 2. The fraction of sp³-hybridized carbons (Fsp3) is 0.435. The van der Waals surface area contributed by atoms with E-state index in [9.17, 15) is 9.18 Å². The van der Waals surface area contributed by atoms with Crippen LogP contribution in [0.2, 0.25) is 0 Å². The lowest BCUT2D eigenvalue weighted by Gasteiger charge is -2.49. The van der Waals surface area contributed by atoms with Gasteiger partial charge in [0.2, 0.25) is 5.91 Å². The van der Waals surface area contributed by atoms with Crippen molar-refractivity contribution in [3.05, 3.63) is 59.9 Å². The maximum absolute atomic E-state index is 13.3. The predicted molar refractivity (Wildman–Crippen MR) is 109 cm³/mol. The lowest BCUT2D eigenvalue weighted by atomic mass is 9.83. The molecule has 5 heteroatoms. The van der Waals surface area contributed by atoms with Gasteiger partial charge in [-0.25, -0.2) is 4.39 Å². The Balaban J connectivity index is 1.41. The summed E-state index contributed by atoms with van der Waals surface area (Å²) in [6.45, 7) is 3.32. The zero-order valence-corrected chi connectivity index (χ0v) is 16.0. The van der Waals surface area contributed by atoms with Crippen LogP contribution in [0, 0.1) is 17.7 Å². The molecule has 28 heavy (non-hydrogen) atoms. The van der Waals surface area contributed by atoms with Gasteiger partial charge in [-0.1, -0.05) is 18.2 Å². The maximum Gasteiger partial charge on any atom is 0.225 e. The molecule has 4 nitrogen and oxygen atoms in total. The Morgan fingerprint density at radius 1 is 1.07 bits per heavy atom. The molecule has 1 saturated heterocycles. The van der Waals surface area contributed by atoms with E-state index in [1.54, 1.807) is 0 Å². The molecular weight excluding hydrogens is 353 g/mol. The van der Waals surface area contributed by atoms with Crippen LogP contribution in [0.1, 0.15) is 18.4 Å². The average molecular weight is 379 g/mol. The summed E-state index contributed by atoms with van der Waals surface area (Å²) in [4.78, 5) is 17.8. The van der Waals surface area contributed by atoms with Gasteiger partial charge in [-0.2, -0.15) is 0 Å². The van der Waals surface area contributed by atoms with Gasteiger partial charge in [0, 0.05) is 37.6 Å². The summed E-state index contributed by atoms with van der Waals surface area (Å²) >= 11 is 0. The van der Waals surface area contributed by atoms with Crippen molar-refractivity contribution in [2.24, 2.45) is 11.8 Å². The number of halogens is 1. The summed E-state index contributed by atoms with van der Waals surface area (Å²) in [5, 5.41) is 3.21. The minimum absolute atomic E-state index is 0.0584. The van der Waals surface area contributed by atoms with E-state index in [1.807, 2.05) is 12.1 Å². The minimum Gasteiger partial charge on any atom is -0.368 e. The summed E-state index contributed by atoms with van der Waals surface area (Å²) in [7, 11) is 0. The van der Waals surface area contributed by atoms with E-state index >= 15 is 0 Å². The number of carbonyl (C=O) groups excluding carboxylic acids is 1. The second kappa shape index (κ2) is 7.12. The highest BCUT2D eigenvalue weighted by Crippen LogP contribution is 2.37. The largest absolute Gasteiger partial charge is 0.368 e. The Hall–Kier alpha value is -2.56. The number of hydrogen-bond acceptors (Lipinski definition) is 3. The van der Waals surface area contributed by atoms with Gasteiger partial charge >= 0.3 is 0 Å². The molecule has 1 saturated carbocycles. The number of hydrogen-bond donors (Lipinski definition) is 1. The van der Waals surface area contributed by atoms with Crippen LogP contribution >= 0.6 is 0 Å². The fourth-order valence-electron chi connectivity index (χ4n) is 4.64. The first kappa shape index (κ1) is 17.5. The topological polar surface area (TPSA) is 35.6 Å². The van der Waals surface area contributed by atoms with Gasteiger partial charge in [-0.05, 0) is 61.1 Å². The van der Waals surface area contributed by atoms with Crippen LogP contribution in [0.25, 0.3) is 0 Å².